The van der Waals surface area contributed by atoms with Gasteiger partial charge in [-0.1, -0.05) is 12.1 Å². The number of para-hydroxylation sites is 2. The zero-order chi connectivity index (χ0) is 19.1. The Labute approximate surface area is 163 Å². The summed E-state index contributed by atoms with van der Waals surface area (Å²) in [5.74, 6) is 3.26. The van der Waals surface area contributed by atoms with Gasteiger partial charge in [-0.2, -0.15) is 0 Å². The van der Waals surface area contributed by atoms with Crippen molar-refractivity contribution in [3.8, 4) is 11.5 Å². The Morgan fingerprint density at radius 1 is 1.07 bits per heavy atom. The molecule has 1 aliphatic heterocycles. The lowest BCUT2D eigenvalue weighted by Gasteiger charge is -2.35. The van der Waals surface area contributed by atoms with Gasteiger partial charge in [-0.25, -0.2) is 9.97 Å². The summed E-state index contributed by atoms with van der Waals surface area (Å²) in [7, 11) is 1.63. The molecule has 28 heavy (non-hydrogen) atoms. The van der Waals surface area contributed by atoms with Crippen molar-refractivity contribution < 1.29 is 14.6 Å². The van der Waals surface area contributed by atoms with E-state index >= 15 is 0 Å². The first-order valence-corrected chi connectivity index (χ1v) is 9.73. The molecule has 0 unspecified atom stereocenters. The third-order valence-corrected chi connectivity index (χ3v) is 6.06. The quantitative estimate of drug-likeness (QED) is 0.724. The number of fused-ring (bicyclic) bond motifs is 2. The number of hydrogen-bond donors (Lipinski definition) is 2. The summed E-state index contributed by atoms with van der Waals surface area (Å²) in [6.45, 7) is 1.82. The Morgan fingerprint density at radius 2 is 1.86 bits per heavy atom. The molecule has 1 aromatic carbocycles. The average molecular weight is 380 g/mol. The maximum absolute atomic E-state index is 10.7. The first-order valence-electron chi connectivity index (χ1n) is 9.73. The van der Waals surface area contributed by atoms with E-state index in [-0.39, 0.29) is 6.10 Å². The van der Waals surface area contributed by atoms with Crippen molar-refractivity contribution in [2.24, 2.45) is 11.8 Å². The number of benzene rings is 1. The van der Waals surface area contributed by atoms with Crippen LogP contribution in [-0.2, 0) is 0 Å². The predicted octanol–water partition coefficient (Wildman–Crippen LogP) is 2.62. The molecule has 0 amide bonds. The molecule has 0 spiro atoms. The molecule has 2 aromatic heterocycles. The average Bonchev–Trinajstić information content (AvgIpc) is 3.35. The minimum Gasteiger partial charge on any atom is -0.493 e. The first kappa shape index (κ1) is 17.3. The van der Waals surface area contributed by atoms with Gasteiger partial charge < -0.3 is 24.5 Å². The summed E-state index contributed by atoms with van der Waals surface area (Å²) >= 11 is 0. The van der Waals surface area contributed by atoms with Gasteiger partial charge >= 0.3 is 0 Å². The zero-order valence-electron chi connectivity index (χ0n) is 15.8. The number of hydrogen-bond acceptors (Lipinski definition) is 6. The minimum absolute atomic E-state index is 0.227. The summed E-state index contributed by atoms with van der Waals surface area (Å²) < 4.78 is 11.6. The standard InChI is InChI=1S/C21H24N4O3/c1-27-17-4-2-3-5-18(17)28-19-9-14-11-25(10-13(14)8-16(19)26)21-15-6-7-22-20(15)23-12-24-21/h2-7,12-14,16,19,26H,8-11H2,1H3,(H,22,23,24)/t13-,14+,16+,19+/m0/s1. The van der Waals surface area contributed by atoms with Crippen LogP contribution in [0.1, 0.15) is 12.8 Å². The molecular formula is C21H24N4O3. The van der Waals surface area contributed by atoms with E-state index in [9.17, 15) is 5.11 Å². The second-order valence-electron chi connectivity index (χ2n) is 7.71. The highest BCUT2D eigenvalue weighted by Crippen LogP contribution is 2.41. The second-order valence-corrected chi connectivity index (χ2v) is 7.71. The molecule has 1 aliphatic carbocycles. The summed E-state index contributed by atoms with van der Waals surface area (Å²) in [5.41, 5.74) is 0.859. The Balaban J connectivity index is 1.34. The number of H-pyrrole nitrogens is 1. The molecule has 2 fully saturated rings. The van der Waals surface area contributed by atoms with Crippen LogP contribution in [0.5, 0.6) is 11.5 Å². The largest absolute Gasteiger partial charge is 0.493 e. The van der Waals surface area contributed by atoms with E-state index in [1.165, 1.54) is 0 Å². The Morgan fingerprint density at radius 3 is 2.68 bits per heavy atom. The lowest BCUT2D eigenvalue weighted by Crippen LogP contribution is -2.42. The van der Waals surface area contributed by atoms with E-state index in [1.54, 1.807) is 13.4 Å². The number of nitrogens with one attached hydrogen (secondary N) is 1. The monoisotopic (exact) mass is 380 g/mol. The van der Waals surface area contributed by atoms with E-state index in [4.69, 9.17) is 9.47 Å². The van der Waals surface area contributed by atoms with Crippen LogP contribution in [0.25, 0.3) is 11.0 Å². The van der Waals surface area contributed by atoms with Gasteiger partial charge in [-0.15, -0.1) is 0 Å². The number of rotatable bonds is 4. The zero-order valence-corrected chi connectivity index (χ0v) is 15.8. The third kappa shape index (κ3) is 2.96. The normalized spacial score (nSPS) is 27.0. The van der Waals surface area contributed by atoms with Crippen LogP contribution in [0.2, 0.25) is 0 Å². The second kappa shape index (κ2) is 6.98. The number of anilines is 1. The van der Waals surface area contributed by atoms with Crippen molar-refractivity contribution in [2.75, 3.05) is 25.1 Å². The third-order valence-electron chi connectivity index (χ3n) is 6.06. The molecule has 0 bridgehead atoms. The summed E-state index contributed by atoms with van der Waals surface area (Å²) in [5, 5.41) is 11.8. The summed E-state index contributed by atoms with van der Waals surface area (Å²) in [6, 6.07) is 9.63. The number of aliphatic hydroxyl groups is 1. The minimum atomic E-state index is -0.483. The Hall–Kier alpha value is -2.80. The highest BCUT2D eigenvalue weighted by Gasteiger charge is 2.43. The number of aromatic amines is 1. The van der Waals surface area contributed by atoms with Gasteiger partial charge in [0.25, 0.3) is 0 Å². The molecule has 1 saturated heterocycles. The van der Waals surface area contributed by atoms with Gasteiger partial charge in [-0.05, 0) is 42.9 Å². The number of ether oxygens (including phenoxy) is 2. The highest BCUT2D eigenvalue weighted by atomic mass is 16.5. The molecule has 4 atom stereocenters. The van der Waals surface area contributed by atoms with Gasteiger partial charge in [-0.3, -0.25) is 0 Å². The Kier molecular flexibility index (Phi) is 4.31. The van der Waals surface area contributed by atoms with Crippen LogP contribution < -0.4 is 14.4 Å². The number of aliphatic hydroxyl groups excluding tert-OH is 1. The van der Waals surface area contributed by atoms with Gasteiger partial charge in [0.15, 0.2) is 11.5 Å². The van der Waals surface area contributed by atoms with Crippen LogP contribution >= 0.6 is 0 Å². The molecule has 5 rings (SSSR count). The van der Waals surface area contributed by atoms with Crippen molar-refractivity contribution in [1.29, 1.82) is 0 Å². The summed E-state index contributed by atoms with van der Waals surface area (Å²) in [6.07, 6.45) is 4.36. The lowest BCUT2D eigenvalue weighted by molar-refractivity contribution is -0.0240. The van der Waals surface area contributed by atoms with Crippen molar-refractivity contribution in [1.82, 2.24) is 15.0 Å². The molecule has 2 aliphatic rings. The molecule has 3 heterocycles. The SMILES string of the molecule is COc1ccccc1O[C@@H]1C[C@@H]2CN(c3ncnc4[nH]ccc34)C[C@@H]2C[C@H]1O. The van der Waals surface area contributed by atoms with Gasteiger partial charge in [0.05, 0.1) is 18.6 Å². The van der Waals surface area contributed by atoms with Crippen molar-refractivity contribution in [3.05, 3.63) is 42.9 Å². The van der Waals surface area contributed by atoms with Crippen LogP contribution in [0.15, 0.2) is 42.9 Å². The lowest BCUT2D eigenvalue weighted by atomic mass is 9.78. The number of aromatic nitrogens is 3. The molecule has 0 radical (unpaired) electrons. The molecule has 2 N–H and O–H groups in total. The van der Waals surface area contributed by atoms with Crippen LogP contribution in [-0.4, -0.2) is 52.5 Å². The first-order chi connectivity index (χ1) is 13.7. The van der Waals surface area contributed by atoms with Crippen LogP contribution in [0, 0.1) is 11.8 Å². The van der Waals surface area contributed by atoms with E-state index in [2.05, 4.69) is 19.9 Å². The molecule has 7 heteroatoms. The van der Waals surface area contributed by atoms with Crippen molar-refractivity contribution >= 4 is 16.9 Å². The van der Waals surface area contributed by atoms with Crippen molar-refractivity contribution in [3.63, 3.8) is 0 Å². The maximum Gasteiger partial charge on any atom is 0.161 e. The van der Waals surface area contributed by atoms with Crippen LogP contribution in [0.4, 0.5) is 5.82 Å². The van der Waals surface area contributed by atoms with Crippen LogP contribution in [0.3, 0.4) is 0 Å². The topological polar surface area (TPSA) is 83.5 Å². The fraction of sp³-hybridized carbons (Fsp3) is 0.429. The van der Waals surface area contributed by atoms with E-state index < -0.39 is 6.10 Å². The fourth-order valence-electron chi connectivity index (χ4n) is 4.68. The molecule has 1 saturated carbocycles. The Bertz CT molecular complexity index is 975. The predicted molar refractivity (Wildman–Crippen MR) is 106 cm³/mol. The van der Waals surface area contributed by atoms with Gasteiger partial charge in [0.2, 0.25) is 0 Å². The maximum atomic E-state index is 10.7. The van der Waals surface area contributed by atoms with E-state index in [0.717, 1.165) is 42.8 Å². The number of nitrogens with zero attached hydrogens (tertiary/aromatic N) is 3. The van der Waals surface area contributed by atoms with Crippen molar-refractivity contribution in [2.45, 2.75) is 25.0 Å². The molecule has 7 nitrogen and oxygen atoms in total. The van der Waals surface area contributed by atoms with E-state index in [0.29, 0.717) is 23.3 Å². The molecular weight excluding hydrogens is 356 g/mol. The number of methoxy groups -OCH3 is 1. The van der Waals surface area contributed by atoms with E-state index in [1.807, 2.05) is 36.5 Å². The van der Waals surface area contributed by atoms with Gasteiger partial charge in [0.1, 0.15) is 23.9 Å². The highest BCUT2D eigenvalue weighted by molar-refractivity contribution is 5.87. The smallest absolute Gasteiger partial charge is 0.161 e. The fourth-order valence-corrected chi connectivity index (χ4v) is 4.68. The molecule has 146 valence electrons. The van der Waals surface area contributed by atoms with Gasteiger partial charge in [0, 0.05) is 19.3 Å². The molecule has 3 aromatic rings. The summed E-state index contributed by atoms with van der Waals surface area (Å²) in [4.78, 5) is 14.3.